The molecule has 1 fully saturated rings. The van der Waals surface area contributed by atoms with E-state index >= 15 is 0 Å². The van der Waals surface area contributed by atoms with Crippen molar-refractivity contribution in [3.05, 3.63) is 16.6 Å². The van der Waals surface area contributed by atoms with Gasteiger partial charge in [-0.3, -0.25) is 15.1 Å². The van der Waals surface area contributed by atoms with Crippen LogP contribution in [0.15, 0.2) is 11.7 Å². The van der Waals surface area contributed by atoms with Crippen LogP contribution in [0.1, 0.15) is 17.7 Å². The molecule has 0 saturated heterocycles. The van der Waals surface area contributed by atoms with Gasteiger partial charge in [0.05, 0.1) is 5.51 Å². The van der Waals surface area contributed by atoms with Crippen LogP contribution < -0.4 is 5.32 Å². The highest BCUT2D eigenvalue weighted by Crippen LogP contribution is 2.32. The molecule has 1 aromatic heterocycles. The van der Waals surface area contributed by atoms with E-state index in [0.29, 0.717) is 12.5 Å². The lowest BCUT2D eigenvalue weighted by Crippen LogP contribution is -2.37. The molecule has 2 N–H and O–H groups in total. The zero-order valence-corrected chi connectivity index (χ0v) is 8.46. The molecule has 0 spiro atoms. The van der Waals surface area contributed by atoms with Crippen LogP contribution in [0.25, 0.3) is 0 Å². The molecule has 1 unspecified atom stereocenters. The Morgan fingerprint density at radius 1 is 1.79 bits per heavy atom. The van der Waals surface area contributed by atoms with Crippen molar-refractivity contribution in [3.63, 3.8) is 0 Å². The van der Waals surface area contributed by atoms with Crippen molar-refractivity contribution in [2.75, 3.05) is 0 Å². The number of nitrogens with one attached hydrogen (secondary N) is 1. The molecule has 1 aliphatic carbocycles. The summed E-state index contributed by atoms with van der Waals surface area (Å²) in [5, 5.41) is 12.0. The summed E-state index contributed by atoms with van der Waals surface area (Å²) in [6.45, 7) is 0.609. The van der Waals surface area contributed by atoms with E-state index in [1.807, 2.05) is 0 Å². The Bertz CT molecular complexity index is 309. The van der Waals surface area contributed by atoms with Crippen molar-refractivity contribution in [2.45, 2.75) is 25.4 Å². The molecule has 76 valence electrons. The third-order valence-corrected chi connectivity index (χ3v) is 3.12. The van der Waals surface area contributed by atoms with Gasteiger partial charge in [-0.05, 0) is 18.8 Å². The number of carbonyl (C=O) groups is 1. The number of carboxylic acids is 1. The second kappa shape index (κ2) is 4.06. The first-order chi connectivity index (χ1) is 6.77. The number of rotatable bonds is 5. The fraction of sp³-hybridized carbons (Fsp3) is 0.556. The van der Waals surface area contributed by atoms with Crippen LogP contribution in [0.4, 0.5) is 0 Å². The van der Waals surface area contributed by atoms with Crippen LogP contribution in [-0.4, -0.2) is 22.1 Å². The summed E-state index contributed by atoms with van der Waals surface area (Å²) >= 11 is 1.54. The largest absolute Gasteiger partial charge is 0.480 e. The summed E-state index contributed by atoms with van der Waals surface area (Å²) in [5.74, 6) is -0.405. The highest BCUT2D eigenvalue weighted by molar-refractivity contribution is 7.09. The van der Waals surface area contributed by atoms with Crippen LogP contribution in [0.5, 0.6) is 0 Å². The van der Waals surface area contributed by atoms with Crippen molar-refractivity contribution in [3.8, 4) is 0 Å². The molecule has 0 amide bonds. The predicted molar refractivity (Wildman–Crippen MR) is 53.1 cm³/mol. The number of hydrogen-bond donors (Lipinski definition) is 2. The number of aliphatic carboxylic acids is 1. The molecule has 1 atom stereocenters. The average molecular weight is 212 g/mol. The van der Waals surface area contributed by atoms with Gasteiger partial charge >= 0.3 is 5.97 Å². The quantitative estimate of drug-likeness (QED) is 0.767. The van der Waals surface area contributed by atoms with Crippen molar-refractivity contribution in [2.24, 2.45) is 5.92 Å². The number of hydrogen-bond acceptors (Lipinski definition) is 4. The van der Waals surface area contributed by atoms with E-state index < -0.39 is 5.97 Å². The van der Waals surface area contributed by atoms with Gasteiger partial charge in [-0.2, -0.15) is 0 Å². The molecule has 5 heteroatoms. The second-order valence-corrected chi connectivity index (χ2v) is 4.47. The van der Waals surface area contributed by atoms with Gasteiger partial charge < -0.3 is 5.11 Å². The third-order valence-electron chi connectivity index (χ3n) is 2.34. The highest BCUT2D eigenvalue weighted by Gasteiger charge is 2.35. The molecule has 14 heavy (non-hydrogen) atoms. The maximum Gasteiger partial charge on any atom is 0.320 e. The zero-order valence-electron chi connectivity index (χ0n) is 7.64. The van der Waals surface area contributed by atoms with Crippen molar-refractivity contribution in [1.29, 1.82) is 0 Å². The Morgan fingerprint density at radius 2 is 2.57 bits per heavy atom. The SMILES string of the molecule is O=C(O)C(NCc1cncs1)C1CC1. The minimum atomic E-state index is -0.739. The summed E-state index contributed by atoms with van der Waals surface area (Å²) in [4.78, 5) is 15.9. The maximum atomic E-state index is 10.9. The lowest BCUT2D eigenvalue weighted by atomic mass is 10.2. The molecule has 0 bridgehead atoms. The first kappa shape index (κ1) is 9.61. The number of aromatic nitrogens is 1. The van der Waals surface area contributed by atoms with E-state index in [1.165, 1.54) is 0 Å². The van der Waals surface area contributed by atoms with E-state index in [-0.39, 0.29) is 6.04 Å². The molecule has 4 nitrogen and oxygen atoms in total. The standard InChI is InChI=1S/C9H12N2O2S/c12-9(13)8(6-1-2-6)11-4-7-3-10-5-14-7/h3,5-6,8,11H,1-2,4H2,(H,12,13). The minimum Gasteiger partial charge on any atom is -0.480 e. The van der Waals surface area contributed by atoms with Crippen LogP contribution in [0.2, 0.25) is 0 Å². The molecule has 1 heterocycles. The smallest absolute Gasteiger partial charge is 0.320 e. The van der Waals surface area contributed by atoms with Gasteiger partial charge in [-0.15, -0.1) is 11.3 Å². The van der Waals surface area contributed by atoms with Crippen molar-refractivity contribution < 1.29 is 9.90 Å². The normalized spacial score (nSPS) is 18.0. The van der Waals surface area contributed by atoms with Crippen molar-refractivity contribution in [1.82, 2.24) is 10.3 Å². The molecule has 1 aliphatic rings. The first-order valence-electron chi connectivity index (χ1n) is 4.61. The lowest BCUT2D eigenvalue weighted by molar-refractivity contribution is -0.140. The van der Waals surface area contributed by atoms with Crippen LogP contribution in [-0.2, 0) is 11.3 Å². The topological polar surface area (TPSA) is 62.2 Å². The molecule has 0 aromatic carbocycles. The van der Waals surface area contributed by atoms with Crippen LogP contribution in [0.3, 0.4) is 0 Å². The van der Waals surface area contributed by atoms with Gasteiger partial charge in [0, 0.05) is 17.6 Å². The van der Waals surface area contributed by atoms with E-state index in [4.69, 9.17) is 5.11 Å². The monoisotopic (exact) mass is 212 g/mol. The first-order valence-corrected chi connectivity index (χ1v) is 5.49. The average Bonchev–Trinajstić information content (AvgIpc) is 2.82. The highest BCUT2D eigenvalue weighted by atomic mass is 32.1. The summed E-state index contributed by atoms with van der Waals surface area (Å²) < 4.78 is 0. The van der Waals surface area contributed by atoms with Gasteiger partial charge in [0.2, 0.25) is 0 Å². The fourth-order valence-corrected chi connectivity index (χ4v) is 1.97. The summed E-state index contributed by atoms with van der Waals surface area (Å²) in [5.41, 5.74) is 1.75. The Morgan fingerprint density at radius 3 is 3.07 bits per heavy atom. The third kappa shape index (κ3) is 2.30. The van der Waals surface area contributed by atoms with Gasteiger partial charge in [0.1, 0.15) is 6.04 Å². The van der Waals surface area contributed by atoms with E-state index in [1.54, 1.807) is 23.0 Å². The Hall–Kier alpha value is -0.940. The predicted octanol–water partition coefficient (Wildman–Crippen LogP) is 1.10. The summed E-state index contributed by atoms with van der Waals surface area (Å²) in [7, 11) is 0. The fourth-order valence-electron chi connectivity index (χ4n) is 1.43. The van der Waals surface area contributed by atoms with Gasteiger partial charge in [-0.1, -0.05) is 0 Å². The molecule has 1 aromatic rings. The van der Waals surface area contributed by atoms with Gasteiger partial charge in [0.25, 0.3) is 0 Å². The molecule has 0 aliphatic heterocycles. The molecule has 0 radical (unpaired) electrons. The molecular formula is C9H12N2O2S. The summed E-state index contributed by atoms with van der Waals surface area (Å²) in [6, 6.07) is -0.378. The lowest BCUT2D eigenvalue weighted by Gasteiger charge is -2.11. The van der Waals surface area contributed by atoms with E-state index in [9.17, 15) is 4.79 Å². The van der Waals surface area contributed by atoms with Gasteiger partial charge in [-0.25, -0.2) is 0 Å². The Balaban J connectivity index is 1.85. The summed E-state index contributed by atoms with van der Waals surface area (Å²) in [6.07, 6.45) is 3.84. The van der Waals surface area contributed by atoms with E-state index in [0.717, 1.165) is 17.7 Å². The van der Waals surface area contributed by atoms with E-state index in [2.05, 4.69) is 10.3 Å². The van der Waals surface area contributed by atoms with Gasteiger partial charge in [0.15, 0.2) is 0 Å². The van der Waals surface area contributed by atoms with Crippen LogP contribution >= 0.6 is 11.3 Å². The molecule has 2 rings (SSSR count). The number of carboxylic acid groups (broad SMARTS) is 1. The maximum absolute atomic E-state index is 10.9. The second-order valence-electron chi connectivity index (χ2n) is 3.50. The Labute approximate surface area is 86.0 Å². The minimum absolute atomic E-state index is 0.334. The zero-order chi connectivity index (χ0) is 9.97. The number of thiazole rings is 1. The molecular weight excluding hydrogens is 200 g/mol. The van der Waals surface area contributed by atoms with Crippen LogP contribution in [0, 0.1) is 5.92 Å². The number of nitrogens with zero attached hydrogens (tertiary/aromatic N) is 1. The Kier molecular flexibility index (Phi) is 2.79. The van der Waals surface area contributed by atoms with Crippen molar-refractivity contribution >= 4 is 17.3 Å². The molecule has 1 saturated carbocycles.